The molecule has 0 bridgehead atoms. The summed E-state index contributed by atoms with van der Waals surface area (Å²) >= 11 is 3.70. The van der Waals surface area contributed by atoms with Gasteiger partial charge in [0.25, 0.3) is 0 Å². The van der Waals surface area contributed by atoms with Crippen LogP contribution in [0.1, 0.15) is 31.4 Å². The third-order valence-electron chi connectivity index (χ3n) is 5.27. The summed E-state index contributed by atoms with van der Waals surface area (Å²) in [6, 6.07) is 19.3. The molecule has 3 rings (SSSR count). The Bertz CT molecular complexity index is 989. The zero-order chi connectivity index (χ0) is 21.4. The quantitative estimate of drug-likeness (QED) is 0.411. The molecule has 4 nitrogen and oxygen atoms in total. The maximum absolute atomic E-state index is 8.72. The van der Waals surface area contributed by atoms with E-state index in [-0.39, 0.29) is 5.41 Å². The second-order valence-electron chi connectivity index (χ2n) is 7.43. The van der Waals surface area contributed by atoms with Gasteiger partial charge in [-0.05, 0) is 37.6 Å². The predicted octanol–water partition coefficient (Wildman–Crippen LogP) is 4.77. The van der Waals surface area contributed by atoms with E-state index >= 15 is 0 Å². The van der Waals surface area contributed by atoms with Crippen molar-refractivity contribution in [2.75, 3.05) is 25.5 Å². The second-order valence-corrected chi connectivity index (χ2v) is 7.61. The monoisotopic (exact) mass is 402 g/mol. The molecule has 1 aliphatic heterocycles. The number of anilines is 1. The normalized spacial score (nSPS) is 13.9. The number of nitrogens with zero attached hydrogens (tertiary/aromatic N) is 4. The van der Waals surface area contributed by atoms with Crippen molar-refractivity contribution in [3.05, 3.63) is 65.7 Å². The van der Waals surface area contributed by atoms with Crippen molar-refractivity contribution in [1.29, 1.82) is 10.5 Å². The first-order chi connectivity index (χ1) is 13.9. The van der Waals surface area contributed by atoms with Gasteiger partial charge in [-0.2, -0.15) is 9.84 Å². The Kier molecular flexibility index (Phi) is 7.53. The summed E-state index contributed by atoms with van der Waals surface area (Å²) in [5.41, 5.74) is 6.27. The summed E-state index contributed by atoms with van der Waals surface area (Å²) in [5.74, 6) is 0. The standard InChI is InChI=1S/C23H26N3.CHNS/c1-23(2)20-8-5-6-9-21(20)26(4)22(23)15-12-18-10-13-19(14-11-18)25(3)17-7-16-24;2-1-3/h5-6,8-15H,7,17H2,1-4H3;3H/q+1;/p-1. The highest BCUT2D eigenvalue weighted by atomic mass is 32.1. The average molecular weight is 403 g/mol. The van der Waals surface area contributed by atoms with E-state index in [0.717, 1.165) is 12.2 Å². The molecular weight excluding hydrogens is 376 g/mol. The molecule has 5 heteroatoms. The Morgan fingerprint density at radius 3 is 2.28 bits per heavy atom. The fraction of sp³-hybridized carbons (Fsp3) is 0.292. The van der Waals surface area contributed by atoms with Gasteiger partial charge in [-0.25, -0.2) is 5.26 Å². The van der Waals surface area contributed by atoms with Gasteiger partial charge in [0.05, 0.1) is 17.9 Å². The molecule has 1 heterocycles. The van der Waals surface area contributed by atoms with Gasteiger partial charge in [-0.15, -0.1) is 0 Å². The van der Waals surface area contributed by atoms with Crippen molar-refractivity contribution in [2.45, 2.75) is 25.7 Å². The zero-order valence-electron chi connectivity index (χ0n) is 17.4. The van der Waals surface area contributed by atoms with Gasteiger partial charge in [-0.1, -0.05) is 35.7 Å². The first-order valence-electron chi connectivity index (χ1n) is 9.45. The molecule has 148 valence electrons. The lowest BCUT2D eigenvalue weighted by molar-refractivity contribution is -0.401. The molecular formula is C24H26N4S. The lowest BCUT2D eigenvalue weighted by Crippen LogP contribution is -2.26. The third-order valence-corrected chi connectivity index (χ3v) is 5.27. The SMILES string of the molecule is CN(CCC#N)c1ccc(/C=C/C2=[N+](C)c3ccccc3C2(C)C)cc1.N#C[S-]. The summed E-state index contributed by atoms with van der Waals surface area (Å²) < 4.78 is 2.29. The van der Waals surface area contributed by atoms with Crippen molar-refractivity contribution >= 4 is 35.8 Å². The van der Waals surface area contributed by atoms with Crippen molar-refractivity contribution < 1.29 is 4.58 Å². The topological polar surface area (TPSA) is 53.8 Å². The number of thiocyanates is 1. The van der Waals surface area contributed by atoms with Crippen LogP contribution in [-0.4, -0.2) is 30.9 Å². The van der Waals surface area contributed by atoms with Crippen LogP contribution in [0.4, 0.5) is 11.4 Å². The maximum Gasteiger partial charge on any atom is 0.209 e. The van der Waals surface area contributed by atoms with Crippen molar-refractivity contribution in [2.24, 2.45) is 0 Å². The van der Waals surface area contributed by atoms with Gasteiger partial charge in [0, 0.05) is 37.0 Å². The molecule has 0 aromatic heterocycles. The smallest absolute Gasteiger partial charge is 0.209 e. The highest BCUT2D eigenvalue weighted by Gasteiger charge is 2.42. The number of allylic oxidation sites excluding steroid dienone is 1. The van der Waals surface area contributed by atoms with Crippen LogP contribution >= 0.6 is 0 Å². The predicted molar refractivity (Wildman–Crippen MR) is 122 cm³/mol. The van der Waals surface area contributed by atoms with Crippen molar-refractivity contribution in [3.8, 4) is 11.5 Å². The summed E-state index contributed by atoms with van der Waals surface area (Å²) in [4.78, 5) is 2.11. The largest absolute Gasteiger partial charge is 0.696 e. The van der Waals surface area contributed by atoms with E-state index in [1.54, 1.807) is 0 Å². The molecule has 0 saturated carbocycles. The molecule has 2 aromatic rings. The van der Waals surface area contributed by atoms with Gasteiger partial charge >= 0.3 is 0 Å². The van der Waals surface area contributed by atoms with E-state index in [9.17, 15) is 0 Å². The first-order valence-corrected chi connectivity index (χ1v) is 9.85. The first kappa shape index (κ1) is 22.1. The number of rotatable bonds is 5. The summed E-state index contributed by atoms with van der Waals surface area (Å²) in [5, 5.41) is 17.2. The molecule has 0 spiro atoms. The van der Waals surface area contributed by atoms with E-state index in [1.807, 2.05) is 7.05 Å². The van der Waals surface area contributed by atoms with Gasteiger partial charge in [0.15, 0.2) is 5.71 Å². The van der Waals surface area contributed by atoms with Crippen LogP contribution in [0.2, 0.25) is 0 Å². The fourth-order valence-corrected chi connectivity index (χ4v) is 3.66. The molecule has 0 unspecified atom stereocenters. The van der Waals surface area contributed by atoms with Gasteiger partial charge in [0.1, 0.15) is 7.05 Å². The molecule has 0 aliphatic carbocycles. The Morgan fingerprint density at radius 1 is 1.07 bits per heavy atom. The van der Waals surface area contributed by atoms with E-state index in [2.05, 4.69) is 110 Å². The maximum atomic E-state index is 8.72. The van der Waals surface area contributed by atoms with Crippen LogP contribution in [0, 0.1) is 22.0 Å². The number of benzene rings is 2. The number of fused-ring (bicyclic) bond motifs is 1. The molecule has 1 aliphatic rings. The summed E-state index contributed by atoms with van der Waals surface area (Å²) in [6.45, 7) is 5.31. The van der Waals surface area contributed by atoms with Crippen LogP contribution < -0.4 is 4.90 Å². The van der Waals surface area contributed by atoms with E-state index in [0.29, 0.717) is 6.42 Å². The Balaban J connectivity index is 0.000000941. The molecule has 0 radical (unpaired) electrons. The van der Waals surface area contributed by atoms with Gasteiger partial charge < -0.3 is 17.5 Å². The van der Waals surface area contributed by atoms with Crippen molar-refractivity contribution in [3.63, 3.8) is 0 Å². The number of para-hydroxylation sites is 1. The van der Waals surface area contributed by atoms with Gasteiger partial charge in [0.2, 0.25) is 5.69 Å². The highest BCUT2D eigenvalue weighted by molar-refractivity contribution is 7.64. The van der Waals surface area contributed by atoms with Crippen LogP contribution in [-0.2, 0) is 18.0 Å². The number of hydrogen-bond acceptors (Lipinski definition) is 4. The summed E-state index contributed by atoms with van der Waals surface area (Å²) in [7, 11) is 4.16. The molecule has 0 amide bonds. The lowest BCUT2D eigenvalue weighted by atomic mass is 9.81. The van der Waals surface area contributed by atoms with E-state index in [1.165, 1.54) is 27.9 Å². The second kappa shape index (κ2) is 9.87. The number of hydrogen-bond donors (Lipinski definition) is 0. The van der Waals surface area contributed by atoms with Crippen LogP contribution in [0.25, 0.3) is 6.08 Å². The van der Waals surface area contributed by atoms with E-state index in [4.69, 9.17) is 10.5 Å². The summed E-state index contributed by atoms with van der Waals surface area (Å²) in [6.07, 6.45) is 4.95. The average Bonchev–Trinajstić information content (AvgIpc) is 2.91. The molecule has 0 N–H and O–H groups in total. The van der Waals surface area contributed by atoms with Crippen LogP contribution in [0.15, 0.2) is 54.6 Å². The zero-order valence-corrected chi connectivity index (χ0v) is 18.2. The molecule has 0 atom stereocenters. The highest BCUT2D eigenvalue weighted by Crippen LogP contribution is 2.39. The minimum Gasteiger partial charge on any atom is -0.696 e. The molecule has 0 saturated heterocycles. The molecule has 0 fully saturated rings. The molecule has 29 heavy (non-hydrogen) atoms. The number of nitriles is 2. The van der Waals surface area contributed by atoms with E-state index < -0.39 is 0 Å². The Hall–Kier alpha value is -3.15. The lowest BCUT2D eigenvalue weighted by Gasteiger charge is -2.17. The van der Waals surface area contributed by atoms with Crippen molar-refractivity contribution in [1.82, 2.24) is 0 Å². The Labute approximate surface area is 179 Å². The minimum atomic E-state index is -0.000698. The van der Waals surface area contributed by atoms with Gasteiger partial charge in [-0.3, -0.25) is 0 Å². The molecule has 2 aromatic carbocycles. The fourth-order valence-electron chi connectivity index (χ4n) is 3.66. The minimum absolute atomic E-state index is 0.000698. The third kappa shape index (κ3) is 5.02. The van der Waals surface area contributed by atoms with Crippen LogP contribution in [0.3, 0.4) is 0 Å². The van der Waals surface area contributed by atoms with Crippen LogP contribution in [0.5, 0.6) is 0 Å². The Morgan fingerprint density at radius 2 is 1.69 bits per heavy atom.